The van der Waals surface area contributed by atoms with E-state index in [0.29, 0.717) is 19.0 Å². The minimum Gasteiger partial charge on any atom is -0.353 e. The Kier molecular flexibility index (Phi) is 6.68. The summed E-state index contributed by atoms with van der Waals surface area (Å²) in [6, 6.07) is -0.00624. The van der Waals surface area contributed by atoms with Gasteiger partial charge in [0, 0.05) is 32.2 Å². The van der Waals surface area contributed by atoms with Crippen LogP contribution >= 0.6 is 0 Å². The molecular formula is C17H31N3O2. The van der Waals surface area contributed by atoms with Crippen LogP contribution in [-0.4, -0.2) is 59.9 Å². The lowest BCUT2D eigenvalue weighted by Gasteiger charge is -2.38. The number of carbonyl (C=O) groups is 2. The zero-order valence-corrected chi connectivity index (χ0v) is 14.1. The first-order valence-corrected chi connectivity index (χ1v) is 8.91. The van der Waals surface area contributed by atoms with Crippen LogP contribution in [0.1, 0.15) is 58.8 Å². The average Bonchev–Trinajstić information content (AvgIpc) is 2.62. The van der Waals surface area contributed by atoms with Crippen LogP contribution in [0.2, 0.25) is 0 Å². The van der Waals surface area contributed by atoms with Crippen LogP contribution in [0.25, 0.3) is 0 Å². The SMILES string of the molecule is CC(C)N1CCNC(=O)[C@H]1CC(=O)N1CCCCCCCC1. The molecule has 0 radical (unpaired) electrons. The fourth-order valence-corrected chi connectivity index (χ4v) is 3.53. The number of hydrogen-bond acceptors (Lipinski definition) is 3. The molecule has 2 aliphatic heterocycles. The van der Waals surface area contributed by atoms with Gasteiger partial charge in [0.25, 0.3) is 0 Å². The molecule has 1 N–H and O–H groups in total. The van der Waals surface area contributed by atoms with Gasteiger partial charge in [-0.15, -0.1) is 0 Å². The lowest BCUT2D eigenvalue weighted by atomic mass is 10.1. The fraction of sp³-hybridized carbons (Fsp3) is 0.882. The second kappa shape index (κ2) is 8.51. The Bertz CT molecular complexity index is 374. The van der Waals surface area contributed by atoms with Gasteiger partial charge in [0.15, 0.2) is 0 Å². The Hall–Kier alpha value is -1.10. The molecule has 0 aromatic carbocycles. The molecule has 2 saturated heterocycles. The molecule has 0 bridgehead atoms. The summed E-state index contributed by atoms with van der Waals surface area (Å²) < 4.78 is 0. The summed E-state index contributed by atoms with van der Waals surface area (Å²) in [7, 11) is 0. The van der Waals surface area contributed by atoms with E-state index in [1.165, 1.54) is 25.7 Å². The smallest absolute Gasteiger partial charge is 0.237 e. The highest BCUT2D eigenvalue weighted by molar-refractivity contribution is 5.88. The van der Waals surface area contributed by atoms with Crippen LogP contribution in [-0.2, 0) is 9.59 Å². The zero-order valence-electron chi connectivity index (χ0n) is 14.1. The summed E-state index contributed by atoms with van der Waals surface area (Å²) in [4.78, 5) is 29.0. The van der Waals surface area contributed by atoms with Crippen molar-refractivity contribution in [2.24, 2.45) is 0 Å². The van der Waals surface area contributed by atoms with Crippen LogP contribution in [0.3, 0.4) is 0 Å². The molecule has 5 nitrogen and oxygen atoms in total. The van der Waals surface area contributed by atoms with E-state index in [4.69, 9.17) is 0 Å². The molecule has 1 atom stereocenters. The Morgan fingerprint density at radius 1 is 1.09 bits per heavy atom. The molecule has 0 spiro atoms. The predicted molar refractivity (Wildman–Crippen MR) is 87.5 cm³/mol. The van der Waals surface area contributed by atoms with E-state index in [2.05, 4.69) is 24.1 Å². The van der Waals surface area contributed by atoms with E-state index in [9.17, 15) is 9.59 Å². The molecule has 0 aromatic rings. The lowest BCUT2D eigenvalue weighted by Crippen LogP contribution is -2.58. The van der Waals surface area contributed by atoms with Crippen molar-refractivity contribution in [3.63, 3.8) is 0 Å². The highest BCUT2D eigenvalue weighted by Crippen LogP contribution is 2.16. The number of amides is 2. The van der Waals surface area contributed by atoms with E-state index < -0.39 is 0 Å². The number of nitrogens with one attached hydrogen (secondary N) is 1. The summed E-state index contributed by atoms with van der Waals surface area (Å²) in [5, 5.41) is 2.91. The maximum Gasteiger partial charge on any atom is 0.237 e. The standard InChI is InChI=1S/C17H31N3O2/c1-14(2)20-12-9-18-17(22)15(20)13-16(21)19-10-7-5-3-4-6-8-11-19/h14-15H,3-13H2,1-2H3,(H,18,22)/t15-/m1/s1. The molecule has 2 heterocycles. The predicted octanol–water partition coefficient (Wildman–Crippen LogP) is 1.77. The molecule has 2 rings (SSSR count). The van der Waals surface area contributed by atoms with Gasteiger partial charge < -0.3 is 10.2 Å². The van der Waals surface area contributed by atoms with Crippen molar-refractivity contribution in [2.75, 3.05) is 26.2 Å². The quantitative estimate of drug-likeness (QED) is 0.864. The van der Waals surface area contributed by atoms with E-state index in [1.807, 2.05) is 4.90 Å². The van der Waals surface area contributed by atoms with E-state index in [1.54, 1.807) is 0 Å². The van der Waals surface area contributed by atoms with Crippen molar-refractivity contribution in [1.29, 1.82) is 0 Å². The molecule has 22 heavy (non-hydrogen) atoms. The molecule has 2 fully saturated rings. The van der Waals surface area contributed by atoms with Gasteiger partial charge in [-0.05, 0) is 26.7 Å². The third-order valence-electron chi connectivity index (χ3n) is 4.86. The third-order valence-corrected chi connectivity index (χ3v) is 4.86. The van der Waals surface area contributed by atoms with Gasteiger partial charge in [-0.25, -0.2) is 0 Å². The maximum atomic E-state index is 12.7. The summed E-state index contributed by atoms with van der Waals surface area (Å²) in [5.41, 5.74) is 0. The molecule has 0 aromatic heterocycles. The first-order chi connectivity index (χ1) is 10.6. The number of nitrogens with zero attached hydrogens (tertiary/aromatic N) is 2. The van der Waals surface area contributed by atoms with Crippen LogP contribution < -0.4 is 5.32 Å². The van der Waals surface area contributed by atoms with Gasteiger partial charge in [-0.2, -0.15) is 0 Å². The van der Waals surface area contributed by atoms with Gasteiger partial charge in [-0.3, -0.25) is 14.5 Å². The summed E-state index contributed by atoms with van der Waals surface area (Å²) in [6.07, 6.45) is 7.51. The second-order valence-corrected chi connectivity index (χ2v) is 6.84. The molecule has 0 saturated carbocycles. The summed E-state index contributed by atoms with van der Waals surface area (Å²) in [6.45, 7) is 7.42. The van der Waals surface area contributed by atoms with Gasteiger partial charge in [0.1, 0.15) is 0 Å². The Morgan fingerprint density at radius 2 is 1.68 bits per heavy atom. The number of piperazine rings is 1. The van der Waals surface area contributed by atoms with Crippen molar-refractivity contribution in [1.82, 2.24) is 15.1 Å². The Balaban J connectivity index is 1.96. The van der Waals surface area contributed by atoms with Crippen molar-refractivity contribution in [3.05, 3.63) is 0 Å². The molecule has 5 heteroatoms. The highest BCUT2D eigenvalue weighted by atomic mass is 16.2. The van der Waals surface area contributed by atoms with Crippen LogP contribution in [0.4, 0.5) is 0 Å². The van der Waals surface area contributed by atoms with Crippen molar-refractivity contribution < 1.29 is 9.59 Å². The van der Waals surface area contributed by atoms with Crippen molar-refractivity contribution >= 4 is 11.8 Å². The van der Waals surface area contributed by atoms with Gasteiger partial charge in [0.2, 0.25) is 11.8 Å². The first kappa shape index (κ1) is 17.3. The van der Waals surface area contributed by atoms with E-state index >= 15 is 0 Å². The second-order valence-electron chi connectivity index (χ2n) is 6.84. The fourth-order valence-electron chi connectivity index (χ4n) is 3.53. The molecule has 2 amide bonds. The zero-order chi connectivity index (χ0) is 15.9. The highest BCUT2D eigenvalue weighted by Gasteiger charge is 2.34. The molecule has 0 unspecified atom stereocenters. The molecule has 2 aliphatic rings. The minimum atomic E-state index is -0.297. The first-order valence-electron chi connectivity index (χ1n) is 8.91. The molecule has 0 aliphatic carbocycles. The monoisotopic (exact) mass is 309 g/mol. The van der Waals surface area contributed by atoms with Gasteiger partial charge in [0.05, 0.1) is 12.5 Å². The van der Waals surface area contributed by atoms with Gasteiger partial charge in [-0.1, -0.05) is 25.7 Å². The largest absolute Gasteiger partial charge is 0.353 e. The van der Waals surface area contributed by atoms with Gasteiger partial charge >= 0.3 is 0 Å². The summed E-state index contributed by atoms with van der Waals surface area (Å²) >= 11 is 0. The van der Waals surface area contributed by atoms with E-state index in [-0.39, 0.29) is 17.9 Å². The topological polar surface area (TPSA) is 52.7 Å². The van der Waals surface area contributed by atoms with E-state index in [0.717, 1.165) is 32.5 Å². The third kappa shape index (κ3) is 4.70. The average molecular weight is 309 g/mol. The Labute approximate surface area is 134 Å². The van der Waals surface area contributed by atoms with Crippen LogP contribution in [0.15, 0.2) is 0 Å². The molecule has 126 valence electrons. The number of rotatable bonds is 3. The number of hydrogen-bond donors (Lipinski definition) is 1. The maximum absolute atomic E-state index is 12.7. The number of carbonyl (C=O) groups excluding carboxylic acids is 2. The van der Waals surface area contributed by atoms with Crippen molar-refractivity contribution in [3.8, 4) is 0 Å². The normalized spacial score (nSPS) is 25.3. The van der Waals surface area contributed by atoms with Crippen molar-refractivity contribution in [2.45, 2.75) is 70.9 Å². The van der Waals surface area contributed by atoms with Crippen LogP contribution in [0, 0.1) is 0 Å². The Morgan fingerprint density at radius 3 is 2.27 bits per heavy atom. The summed E-state index contributed by atoms with van der Waals surface area (Å²) in [5.74, 6) is 0.159. The lowest BCUT2D eigenvalue weighted by molar-refractivity contribution is -0.139. The van der Waals surface area contributed by atoms with Crippen LogP contribution in [0.5, 0.6) is 0 Å². The minimum absolute atomic E-state index is 0.0116. The molecular weight excluding hydrogens is 278 g/mol.